The molecule has 18 heavy (non-hydrogen) atoms. The second kappa shape index (κ2) is 5.51. The van der Waals surface area contributed by atoms with Gasteiger partial charge < -0.3 is 10.4 Å². The first-order valence-corrected chi connectivity index (χ1v) is 6.32. The van der Waals surface area contributed by atoms with E-state index >= 15 is 0 Å². The van der Waals surface area contributed by atoms with Crippen LogP contribution in [-0.2, 0) is 0 Å². The van der Waals surface area contributed by atoms with Crippen molar-refractivity contribution in [2.24, 2.45) is 0 Å². The highest BCUT2D eigenvalue weighted by atomic mass is 35.5. The summed E-state index contributed by atoms with van der Waals surface area (Å²) in [6.07, 6.45) is 0. The van der Waals surface area contributed by atoms with Gasteiger partial charge in [0.15, 0.2) is 0 Å². The van der Waals surface area contributed by atoms with Gasteiger partial charge in [-0.25, -0.2) is 0 Å². The summed E-state index contributed by atoms with van der Waals surface area (Å²) >= 11 is 12.0. The van der Waals surface area contributed by atoms with E-state index in [1.54, 1.807) is 24.3 Å². The molecule has 0 aliphatic heterocycles. The molecule has 2 rings (SSSR count). The van der Waals surface area contributed by atoms with Crippen molar-refractivity contribution in [1.29, 1.82) is 0 Å². The summed E-state index contributed by atoms with van der Waals surface area (Å²) in [5.74, 6) is 0.231. The maximum atomic E-state index is 9.40. The van der Waals surface area contributed by atoms with Crippen molar-refractivity contribution >= 4 is 28.9 Å². The van der Waals surface area contributed by atoms with Crippen molar-refractivity contribution in [2.45, 2.75) is 13.0 Å². The fourth-order valence-corrected chi connectivity index (χ4v) is 2.35. The van der Waals surface area contributed by atoms with Crippen LogP contribution in [0.1, 0.15) is 18.5 Å². The van der Waals surface area contributed by atoms with Crippen molar-refractivity contribution < 1.29 is 5.11 Å². The van der Waals surface area contributed by atoms with Crippen LogP contribution < -0.4 is 5.32 Å². The molecule has 0 spiro atoms. The zero-order valence-electron chi connectivity index (χ0n) is 9.82. The Hall–Kier alpha value is -1.38. The van der Waals surface area contributed by atoms with E-state index < -0.39 is 0 Å². The van der Waals surface area contributed by atoms with E-state index in [9.17, 15) is 5.11 Å². The molecule has 0 fully saturated rings. The van der Waals surface area contributed by atoms with Crippen molar-refractivity contribution in [2.75, 3.05) is 5.32 Å². The number of phenolic OH excluding ortho intramolecular Hbond substituents is 1. The quantitative estimate of drug-likeness (QED) is 0.841. The van der Waals surface area contributed by atoms with Gasteiger partial charge in [0.05, 0.1) is 0 Å². The SMILES string of the molecule is CC(Nc1cccc(O)c1)c1ccc(Cl)cc1Cl. The molecule has 94 valence electrons. The minimum Gasteiger partial charge on any atom is -0.508 e. The first kappa shape index (κ1) is 13.1. The van der Waals surface area contributed by atoms with E-state index in [1.165, 1.54) is 0 Å². The average Bonchev–Trinajstić information content (AvgIpc) is 2.28. The van der Waals surface area contributed by atoms with Gasteiger partial charge in [-0.1, -0.05) is 35.3 Å². The predicted molar refractivity (Wildman–Crippen MR) is 76.6 cm³/mol. The zero-order valence-corrected chi connectivity index (χ0v) is 11.3. The molecule has 0 aromatic heterocycles. The lowest BCUT2D eigenvalue weighted by molar-refractivity contribution is 0.475. The van der Waals surface area contributed by atoms with E-state index in [4.69, 9.17) is 23.2 Å². The summed E-state index contributed by atoms with van der Waals surface area (Å²) in [6.45, 7) is 2.00. The number of rotatable bonds is 3. The number of hydrogen-bond donors (Lipinski definition) is 2. The van der Waals surface area contributed by atoms with Crippen LogP contribution in [0, 0.1) is 0 Å². The van der Waals surface area contributed by atoms with Gasteiger partial charge in [-0.3, -0.25) is 0 Å². The van der Waals surface area contributed by atoms with Crippen LogP contribution in [0.4, 0.5) is 5.69 Å². The van der Waals surface area contributed by atoms with Gasteiger partial charge in [0, 0.05) is 27.8 Å². The number of phenols is 1. The van der Waals surface area contributed by atoms with Gasteiger partial charge in [0.1, 0.15) is 5.75 Å². The van der Waals surface area contributed by atoms with Crippen molar-refractivity contribution in [3.05, 3.63) is 58.1 Å². The van der Waals surface area contributed by atoms with Gasteiger partial charge >= 0.3 is 0 Å². The normalized spacial score (nSPS) is 12.2. The molecule has 0 heterocycles. The summed E-state index contributed by atoms with van der Waals surface area (Å²) in [7, 11) is 0. The Labute approximate surface area is 116 Å². The zero-order chi connectivity index (χ0) is 13.1. The first-order valence-electron chi connectivity index (χ1n) is 5.57. The fourth-order valence-electron chi connectivity index (χ4n) is 1.78. The number of nitrogens with one attached hydrogen (secondary N) is 1. The molecule has 1 atom stereocenters. The summed E-state index contributed by atoms with van der Waals surface area (Å²) < 4.78 is 0. The standard InChI is InChI=1S/C14H13Cl2NO/c1-9(13-6-5-10(15)7-14(13)16)17-11-3-2-4-12(18)8-11/h2-9,17-18H,1H3. The maximum absolute atomic E-state index is 9.40. The fraction of sp³-hybridized carbons (Fsp3) is 0.143. The number of anilines is 1. The topological polar surface area (TPSA) is 32.3 Å². The second-order valence-corrected chi connectivity index (χ2v) is 4.93. The number of benzene rings is 2. The van der Waals surface area contributed by atoms with Crippen molar-refractivity contribution in [3.8, 4) is 5.75 Å². The molecule has 4 heteroatoms. The van der Waals surface area contributed by atoms with E-state index in [2.05, 4.69) is 5.32 Å². The highest BCUT2D eigenvalue weighted by molar-refractivity contribution is 6.35. The van der Waals surface area contributed by atoms with E-state index in [1.807, 2.05) is 25.1 Å². The lowest BCUT2D eigenvalue weighted by atomic mass is 10.1. The van der Waals surface area contributed by atoms with Crippen LogP contribution >= 0.6 is 23.2 Å². The molecular formula is C14H13Cl2NO. The third-order valence-corrected chi connectivity index (χ3v) is 3.22. The molecule has 0 aliphatic rings. The summed E-state index contributed by atoms with van der Waals surface area (Å²) in [5, 5.41) is 13.9. The Kier molecular flexibility index (Phi) is 4.00. The van der Waals surface area contributed by atoms with Gasteiger partial charge in [-0.2, -0.15) is 0 Å². The smallest absolute Gasteiger partial charge is 0.117 e. The van der Waals surface area contributed by atoms with E-state index in [0.717, 1.165) is 11.3 Å². The Balaban J connectivity index is 2.19. The van der Waals surface area contributed by atoms with E-state index in [-0.39, 0.29) is 11.8 Å². The molecule has 0 radical (unpaired) electrons. The Morgan fingerprint density at radius 1 is 1.11 bits per heavy atom. The number of halogens is 2. The Bertz CT molecular complexity index is 557. The Morgan fingerprint density at radius 2 is 1.89 bits per heavy atom. The second-order valence-electron chi connectivity index (χ2n) is 4.08. The summed E-state index contributed by atoms with van der Waals surface area (Å²) in [4.78, 5) is 0. The molecule has 0 saturated heterocycles. The predicted octanol–water partition coefficient (Wildman–Crippen LogP) is 4.87. The average molecular weight is 282 g/mol. The Morgan fingerprint density at radius 3 is 2.56 bits per heavy atom. The van der Waals surface area contributed by atoms with Gasteiger partial charge in [0.2, 0.25) is 0 Å². The van der Waals surface area contributed by atoms with Crippen molar-refractivity contribution in [3.63, 3.8) is 0 Å². The van der Waals surface area contributed by atoms with Crippen molar-refractivity contribution in [1.82, 2.24) is 0 Å². The van der Waals surface area contributed by atoms with Gasteiger partial charge in [-0.15, -0.1) is 0 Å². The molecule has 2 aromatic rings. The monoisotopic (exact) mass is 281 g/mol. The molecule has 1 unspecified atom stereocenters. The molecule has 0 aliphatic carbocycles. The van der Waals surface area contributed by atoms with Crippen LogP contribution in [0.25, 0.3) is 0 Å². The summed E-state index contributed by atoms with van der Waals surface area (Å²) in [6, 6.07) is 12.4. The molecule has 0 bridgehead atoms. The largest absolute Gasteiger partial charge is 0.508 e. The maximum Gasteiger partial charge on any atom is 0.117 e. The van der Waals surface area contributed by atoms with Gasteiger partial charge in [-0.05, 0) is 36.8 Å². The van der Waals surface area contributed by atoms with Crippen LogP contribution in [0.3, 0.4) is 0 Å². The number of hydrogen-bond acceptors (Lipinski definition) is 2. The first-order chi connectivity index (χ1) is 8.56. The highest BCUT2D eigenvalue weighted by Crippen LogP contribution is 2.29. The molecular weight excluding hydrogens is 269 g/mol. The summed E-state index contributed by atoms with van der Waals surface area (Å²) in [5.41, 5.74) is 1.80. The number of aromatic hydroxyl groups is 1. The molecule has 0 amide bonds. The van der Waals surface area contributed by atoms with Crippen LogP contribution in [-0.4, -0.2) is 5.11 Å². The van der Waals surface area contributed by atoms with E-state index in [0.29, 0.717) is 10.0 Å². The third-order valence-electron chi connectivity index (χ3n) is 2.66. The van der Waals surface area contributed by atoms with Crippen LogP contribution in [0.5, 0.6) is 5.75 Å². The highest BCUT2D eigenvalue weighted by Gasteiger charge is 2.10. The molecule has 2 nitrogen and oxygen atoms in total. The van der Waals surface area contributed by atoms with Gasteiger partial charge in [0.25, 0.3) is 0 Å². The van der Waals surface area contributed by atoms with Crippen LogP contribution in [0.15, 0.2) is 42.5 Å². The minimum atomic E-state index is 0.0246. The lowest BCUT2D eigenvalue weighted by Crippen LogP contribution is -2.06. The third kappa shape index (κ3) is 3.09. The molecule has 2 N–H and O–H groups in total. The minimum absolute atomic E-state index is 0.0246. The van der Waals surface area contributed by atoms with Crippen LogP contribution in [0.2, 0.25) is 10.0 Å². The lowest BCUT2D eigenvalue weighted by Gasteiger charge is -2.17. The molecule has 0 saturated carbocycles. The molecule has 2 aromatic carbocycles.